The Morgan fingerprint density at radius 2 is 0.672 bits per heavy atom. The molecule has 0 N–H and O–H groups in total. The highest BCUT2D eigenvalue weighted by Gasteiger charge is 1.97. The van der Waals surface area contributed by atoms with Gasteiger partial charge in [-0.15, -0.1) is 13.2 Å². The molecule has 0 amide bonds. The second-order valence-electron chi connectivity index (χ2n) is 16.8. The van der Waals surface area contributed by atoms with E-state index in [0.29, 0.717) is 11.8 Å². The summed E-state index contributed by atoms with van der Waals surface area (Å²) < 4.78 is 0. The fraction of sp³-hybridized carbons (Fsp3) is 0.541. The molecular formula is C61H104. The van der Waals surface area contributed by atoms with E-state index in [2.05, 4.69) is 197 Å². The molecule has 0 fully saturated rings. The lowest BCUT2D eigenvalue weighted by Crippen LogP contribution is -1.85. The minimum atomic E-state index is 0.648. The standard InChI is InChI=1S/C11H14.2C9H10.2C8H18.C6H14.2C5H10/c1-8(2)11-7-9(3)5-6-10(11)4;2*1-3-9-6-4-8(2)5-7-9;2*1-3-5-7-8-6-4-2;1-3-5-6-4-2;2*1-4-5(2)3/h5-7H,1H2,2-4H3;2*3-7H,1H2,2H3;2*3-8H2,1-2H3;3-6H2,1-2H3;2*4-5H,1H2,2-3H3. The predicted molar refractivity (Wildman–Crippen MR) is 291 cm³/mol. The van der Waals surface area contributed by atoms with Gasteiger partial charge in [0.2, 0.25) is 0 Å². The molecule has 3 aromatic carbocycles. The molecule has 0 spiro atoms. The van der Waals surface area contributed by atoms with Crippen LogP contribution in [-0.4, -0.2) is 0 Å². The Morgan fingerprint density at radius 1 is 0.426 bits per heavy atom. The van der Waals surface area contributed by atoms with Gasteiger partial charge in [-0.25, -0.2) is 0 Å². The Kier molecular flexibility index (Phi) is 57.2. The van der Waals surface area contributed by atoms with Crippen LogP contribution in [0.4, 0.5) is 0 Å². The third-order valence-corrected chi connectivity index (χ3v) is 9.29. The molecule has 0 atom stereocenters. The van der Waals surface area contributed by atoms with Crippen LogP contribution in [0.5, 0.6) is 0 Å². The number of unbranched alkanes of at least 4 members (excludes halogenated alkanes) is 13. The quantitative estimate of drug-likeness (QED) is 0.0884. The second-order valence-corrected chi connectivity index (χ2v) is 16.8. The van der Waals surface area contributed by atoms with E-state index >= 15 is 0 Å². The van der Waals surface area contributed by atoms with Gasteiger partial charge in [-0.3, -0.25) is 0 Å². The molecule has 0 aliphatic heterocycles. The van der Waals surface area contributed by atoms with Gasteiger partial charge in [0.1, 0.15) is 0 Å². The zero-order chi connectivity index (χ0) is 47.7. The molecule has 0 saturated carbocycles. The Balaban J connectivity index is -0.000000199. The maximum absolute atomic E-state index is 3.93. The maximum atomic E-state index is 3.93. The van der Waals surface area contributed by atoms with Crippen LogP contribution < -0.4 is 0 Å². The van der Waals surface area contributed by atoms with Crippen molar-refractivity contribution < 1.29 is 0 Å². The Morgan fingerprint density at radius 3 is 0.869 bits per heavy atom. The van der Waals surface area contributed by atoms with Crippen molar-refractivity contribution in [1.29, 1.82) is 0 Å². The Labute approximate surface area is 385 Å². The van der Waals surface area contributed by atoms with Crippen molar-refractivity contribution in [2.45, 2.75) is 207 Å². The monoisotopic (exact) mass is 837 g/mol. The first-order chi connectivity index (χ1) is 29.0. The van der Waals surface area contributed by atoms with Crippen molar-refractivity contribution in [3.05, 3.63) is 151 Å². The summed E-state index contributed by atoms with van der Waals surface area (Å²) in [6, 6.07) is 23.0. The van der Waals surface area contributed by atoms with E-state index in [-0.39, 0.29) is 0 Å². The molecule has 0 saturated heterocycles. The van der Waals surface area contributed by atoms with Crippen molar-refractivity contribution in [1.82, 2.24) is 0 Å². The van der Waals surface area contributed by atoms with Crippen LogP contribution in [0.15, 0.2) is 112 Å². The summed E-state index contributed by atoms with van der Waals surface area (Å²) in [5, 5.41) is 0. The molecule has 0 aromatic heterocycles. The minimum absolute atomic E-state index is 0.648. The smallest absolute Gasteiger partial charge is 0.0201 e. The van der Waals surface area contributed by atoms with Crippen molar-refractivity contribution in [3.63, 3.8) is 0 Å². The summed E-state index contributed by atoms with van der Waals surface area (Å²) in [5.74, 6) is 1.30. The third kappa shape index (κ3) is 56.4. The van der Waals surface area contributed by atoms with E-state index in [1.54, 1.807) is 0 Å². The highest BCUT2D eigenvalue weighted by molar-refractivity contribution is 5.64. The highest BCUT2D eigenvalue weighted by Crippen LogP contribution is 2.17. The number of benzene rings is 3. The number of rotatable bonds is 18. The number of hydrogen-bond donors (Lipinski definition) is 0. The van der Waals surface area contributed by atoms with Crippen LogP contribution in [0.3, 0.4) is 0 Å². The van der Waals surface area contributed by atoms with Gasteiger partial charge in [0, 0.05) is 0 Å². The van der Waals surface area contributed by atoms with E-state index in [1.807, 2.05) is 31.2 Å². The zero-order valence-electron chi connectivity index (χ0n) is 43.7. The Hall–Kier alpha value is -3.64. The van der Waals surface area contributed by atoms with Crippen LogP contribution in [0, 0.1) is 39.5 Å². The van der Waals surface area contributed by atoms with E-state index in [0.717, 1.165) is 5.57 Å². The van der Waals surface area contributed by atoms with Crippen LogP contribution in [0.1, 0.15) is 218 Å². The van der Waals surface area contributed by atoms with Crippen LogP contribution >= 0.6 is 0 Å². The molecule has 0 heteroatoms. The molecule has 0 nitrogen and oxygen atoms in total. The molecule has 61 heavy (non-hydrogen) atoms. The lowest BCUT2D eigenvalue weighted by molar-refractivity contribution is 0.624. The number of aryl methyl sites for hydroxylation is 4. The first-order valence-electron chi connectivity index (χ1n) is 24.4. The molecular weight excluding hydrogens is 733 g/mol. The summed E-state index contributed by atoms with van der Waals surface area (Å²) in [5.41, 5.74) is 9.98. The summed E-state index contributed by atoms with van der Waals surface area (Å²) in [4.78, 5) is 0. The van der Waals surface area contributed by atoms with Crippen LogP contribution in [0.2, 0.25) is 0 Å². The molecule has 348 valence electrons. The molecule has 0 unspecified atom stereocenters. The van der Waals surface area contributed by atoms with E-state index in [4.69, 9.17) is 0 Å². The summed E-state index contributed by atoms with van der Waals surface area (Å²) in [7, 11) is 0. The molecule has 3 rings (SSSR count). The normalized spacial score (nSPS) is 9.26. The topological polar surface area (TPSA) is 0 Å². The van der Waals surface area contributed by atoms with Gasteiger partial charge in [-0.2, -0.15) is 0 Å². The molecule has 0 aliphatic rings. The van der Waals surface area contributed by atoms with Crippen molar-refractivity contribution in [2.75, 3.05) is 0 Å². The van der Waals surface area contributed by atoms with Gasteiger partial charge >= 0.3 is 0 Å². The average Bonchev–Trinajstić information content (AvgIpc) is 3.26. The number of hydrogen-bond acceptors (Lipinski definition) is 0. The summed E-state index contributed by atoms with van der Waals surface area (Å²) in [6.07, 6.45) is 30.0. The van der Waals surface area contributed by atoms with E-state index in [9.17, 15) is 0 Å². The van der Waals surface area contributed by atoms with E-state index < -0.39 is 0 Å². The molecule has 0 heterocycles. The van der Waals surface area contributed by atoms with Gasteiger partial charge < -0.3 is 0 Å². The van der Waals surface area contributed by atoms with Gasteiger partial charge in [0.25, 0.3) is 0 Å². The van der Waals surface area contributed by atoms with Gasteiger partial charge in [0.15, 0.2) is 0 Å². The lowest BCUT2D eigenvalue weighted by atomic mass is 10.0. The first kappa shape index (κ1) is 66.5. The van der Waals surface area contributed by atoms with E-state index in [1.165, 1.54) is 142 Å². The fourth-order valence-electron chi connectivity index (χ4n) is 4.81. The average molecular weight is 838 g/mol. The highest BCUT2D eigenvalue weighted by atomic mass is 14.0. The summed E-state index contributed by atoms with van der Waals surface area (Å²) in [6.45, 7) is 50.7. The molecule has 0 aliphatic carbocycles. The van der Waals surface area contributed by atoms with Gasteiger partial charge in [0.05, 0.1) is 0 Å². The van der Waals surface area contributed by atoms with Crippen LogP contribution in [-0.2, 0) is 0 Å². The van der Waals surface area contributed by atoms with Crippen LogP contribution in [0.25, 0.3) is 17.7 Å². The summed E-state index contributed by atoms with van der Waals surface area (Å²) >= 11 is 0. The van der Waals surface area contributed by atoms with Crippen molar-refractivity contribution in [3.8, 4) is 0 Å². The third-order valence-electron chi connectivity index (χ3n) is 9.29. The second kappa shape index (κ2) is 52.5. The predicted octanol–water partition coefficient (Wildman–Crippen LogP) is 21.6. The van der Waals surface area contributed by atoms with Gasteiger partial charge in [-0.05, 0) is 68.7 Å². The SMILES string of the molecule is C=C(C)c1cc(C)ccc1C.C=CC(C)C.C=CC(C)C.C=Cc1ccc(C)cc1.C=Cc1ccc(C)cc1.CCCCCC.CCCCCCCC.CCCCCCCC. The van der Waals surface area contributed by atoms with Crippen molar-refractivity contribution in [2.24, 2.45) is 11.8 Å². The first-order valence-corrected chi connectivity index (χ1v) is 24.4. The number of allylic oxidation sites excluding steroid dienone is 3. The lowest BCUT2D eigenvalue weighted by Gasteiger charge is -2.05. The maximum Gasteiger partial charge on any atom is -0.0201 e. The molecule has 3 aromatic rings. The molecule has 0 radical (unpaired) electrons. The Bertz CT molecular complexity index is 1270. The molecule has 0 bridgehead atoms. The van der Waals surface area contributed by atoms with Gasteiger partial charge in [-0.1, -0.05) is 305 Å². The zero-order valence-corrected chi connectivity index (χ0v) is 43.7. The fourth-order valence-corrected chi connectivity index (χ4v) is 4.81. The van der Waals surface area contributed by atoms with Crippen molar-refractivity contribution >= 4 is 17.7 Å². The largest absolute Gasteiger partial charge is 0.103 e. The minimum Gasteiger partial charge on any atom is -0.103 e.